The number of benzene rings is 1. The van der Waals surface area contributed by atoms with Crippen LogP contribution in [0.2, 0.25) is 0 Å². The minimum Gasteiger partial charge on any atom is -0.497 e. The molecule has 1 aliphatic heterocycles. The number of morpholine rings is 1. The Morgan fingerprint density at radius 3 is 3.13 bits per heavy atom. The van der Waals surface area contributed by atoms with Crippen LogP contribution < -0.4 is 10.1 Å². The van der Waals surface area contributed by atoms with Crippen LogP contribution in [0.3, 0.4) is 0 Å². The zero-order chi connectivity index (χ0) is 15.9. The first-order valence-electron chi connectivity index (χ1n) is 7.82. The van der Waals surface area contributed by atoms with E-state index in [-0.39, 0.29) is 6.10 Å². The van der Waals surface area contributed by atoms with Gasteiger partial charge in [-0.25, -0.2) is 0 Å². The molecule has 1 aromatic heterocycles. The van der Waals surface area contributed by atoms with Crippen LogP contribution in [0.5, 0.6) is 5.75 Å². The lowest BCUT2D eigenvalue weighted by atomic mass is 10.1. The summed E-state index contributed by atoms with van der Waals surface area (Å²) in [5.74, 6) is 1.68. The van der Waals surface area contributed by atoms with Gasteiger partial charge in [0.15, 0.2) is 0 Å². The summed E-state index contributed by atoms with van der Waals surface area (Å²) in [5, 5.41) is 11.2. The molecule has 0 spiro atoms. The van der Waals surface area contributed by atoms with Crippen LogP contribution >= 0.6 is 0 Å². The van der Waals surface area contributed by atoms with Crippen LogP contribution in [-0.4, -0.2) is 54.6 Å². The van der Waals surface area contributed by atoms with Crippen molar-refractivity contribution < 1.29 is 9.47 Å². The molecule has 0 saturated carbocycles. The summed E-state index contributed by atoms with van der Waals surface area (Å²) in [5.41, 5.74) is 1.26. The second-order valence-electron chi connectivity index (χ2n) is 5.57. The van der Waals surface area contributed by atoms with Gasteiger partial charge in [-0.05, 0) is 29.8 Å². The van der Waals surface area contributed by atoms with E-state index in [4.69, 9.17) is 9.47 Å². The standard InChI is InChI=1S/C17H22N4O2/c1-22-15-5-2-4-14(10-15)12-21-8-9-23-16(13-21)11-18-17-6-3-7-19-20-17/h2-7,10,16H,8-9,11-13H2,1H3,(H,18,20). The first kappa shape index (κ1) is 15.7. The Hall–Kier alpha value is -2.18. The summed E-state index contributed by atoms with van der Waals surface area (Å²) in [4.78, 5) is 2.40. The number of methoxy groups -OCH3 is 1. The Bertz CT molecular complexity index is 609. The summed E-state index contributed by atoms with van der Waals surface area (Å²) < 4.78 is 11.1. The highest BCUT2D eigenvalue weighted by molar-refractivity contribution is 5.31. The second-order valence-corrected chi connectivity index (χ2v) is 5.57. The molecule has 23 heavy (non-hydrogen) atoms. The van der Waals surface area contributed by atoms with Crippen molar-refractivity contribution in [1.29, 1.82) is 0 Å². The fraction of sp³-hybridized carbons (Fsp3) is 0.412. The maximum absolute atomic E-state index is 5.84. The van der Waals surface area contributed by atoms with Gasteiger partial charge < -0.3 is 14.8 Å². The van der Waals surface area contributed by atoms with E-state index < -0.39 is 0 Å². The van der Waals surface area contributed by atoms with E-state index >= 15 is 0 Å². The lowest BCUT2D eigenvalue weighted by molar-refractivity contribution is -0.0240. The molecule has 0 amide bonds. The molecule has 1 fully saturated rings. The highest BCUT2D eigenvalue weighted by atomic mass is 16.5. The SMILES string of the molecule is COc1cccc(CN2CCOC(CNc3cccnn3)C2)c1. The molecule has 122 valence electrons. The van der Waals surface area contributed by atoms with Crippen LogP contribution in [0, 0.1) is 0 Å². The normalized spacial score (nSPS) is 18.6. The molecule has 3 rings (SSSR count). The molecule has 1 atom stereocenters. The van der Waals surface area contributed by atoms with E-state index in [0.717, 1.165) is 44.4 Å². The number of ether oxygens (including phenoxy) is 2. The minimum atomic E-state index is 0.149. The van der Waals surface area contributed by atoms with Crippen molar-refractivity contribution in [2.75, 3.05) is 38.7 Å². The van der Waals surface area contributed by atoms with Gasteiger partial charge in [-0.1, -0.05) is 12.1 Å². The van der Waals surface area contributed by atoms with Crippen molar-refractivity contribution >= 4 is 5.82 Å². The van der Waals surface area contributed by atoms with Gasteiger partial charge in [-0.3, -0.25) is 4.90 Å². The molecule has 2 aromatic rings. The van der Waals surface area contributed by atoms with Crippen molar-refractivity contribution in [3.05, 3.63) is 48.2 Å². The second kappa shape index (κ2) is 7.89. The van der Waals surface area contributed by atoms with Gasteiger partial charge in [-0.2, -0.15) is 5.10 Å². The minimum absolute atomic E-state index is 0.149. The maximum Gasteiger partial charge on any atom is 0.148 e. The van der Waals surface area contributed by atoms with E-state index in [1.807, 2.05) is 24.3 Å². The summed E-state index contributed by atoms with van der Waals surface area (Å²) in [7, 11) is 1.70. The Balaban J connectivity index is 1.51. The van der Waals surface area contributed by atoms with E-state index in [1.165, 1.54) is 5.56 Å². The highest BCUT2D eigenvalue weighted by Crippen LogP contribution is 2.16. The van der Waals surface area contributed by atoms with Crippen LogP contribution in [0.4, 0.5) is 5.82 Å². The van der Waals surface area contributed by atoms with Crippen molar-refractivity contribution in [3.8, 4) is 5.75 Å². The molecular weight excluding hydrogens is 292 g/mol. The van der Waals surface area contributed by atoms with Crippen LogP contribution in [0.15, 0.2) is 42.6 Å². The van der Waals surface area contributed by atoms with Gasteiger partial charge >= 0.3 is 0 Å². The van der Waals surface area contributed by atoms with E-state index in [1.54, 1.807) is 13.3 Å². The first-order valence-corrected chi connectivity index (χ1v) is 7.82. The van der Waals surface area contributed by atoms with E-state index in [9.17, 15) is 0 Å². The fourth-order valence-electron chi connectivity index (χ4n) is 2.69. The third-order valence-corrected chi connectivity index (χ3v) is 3.85. The predicted molar refractivity (Wildman–Crippen MR) is 88.5 cm³/mol. The van der Waals surface area contributed by atoms with Gasteiger partial charge in [-0.15, -0.1) is 5.10 Å². The van der Waals surface area contributed by atoms with Gasteiger partial charge in [0, 0.05) is 32.4 Å². The molecule has 0 bridgehead atoms. The molecule has 6 nitrogen and oxygen atoms in total. The Kier molecular flexibility index (Phi) is 5.39. The third kappa shape index (κ3) is 4.64. The molecule has 2 heterocycles. The van der Waals surface area contributed by atoms with Gasteiger partial charge in [0.2, 0.25) is 0 Å². The number of anilines is 1. The molecule has 6 heteroatoms. The number of rotatable bonds is 6. The van der Waals surface area contributed by atoms with E-state index in [2.05, 4.69) is 32.5 Å². The summed E-state index contributed by atoms with van der Waals surface area (Å²) in [6.07, 6.45) is 1.81. The molecule has 1 aliphatic rings. The van der Waals surface area contributed by atoms with Crippen LogP contribution in [0.1, 0.15) is 5.56 Å². The van der Waals surface area contributed by atoms with Crippen molar-refractivity contribution in [3.63, 3.8) is 0 Å². The van der Waals surface area contributed by atoms with Crippen LogP contribution in [-0.2, 0) is 11.3 Å². The average molecular weight is 314 g/mol. The Labute approximate surface area is 136 Å². The number of nitrogens with zero attached hydrogens (tertiary/aromatic N) is 3. The van der Waals surface area contributed by atoms with Crippen LogP contribution in [0.25, 0.3) is 0 Å². The van der Waals surface area contributed by atoms with E-state index in [0.29, 0.717) is 0 Å². The maximum atomic E-state index is 5.84. The van der Waals surface area contributed by atoms with Crippen molar-refractivity contribution in [2.45, 2.75) is 12.6 Å². The number of hydrogen-bond donors (Lipinski definition) is 1. The third-order valence-electron chi connectivity index (χ3n) is 3.85. The Morgan fingerprint density at radius 1 is 1.35 bits per heavy atom. The summed E-state index contributed by atoms with van der Waals surface area (Å²) >= 11 is 0. The quantitative estimate of drug-likeness (QED) is 0.877. The van der Waals surface area contributed by atoms with Gasteiger partial charge in [0.1, 0.15) is 11.6 Å². The molecular formula is C17H22N4O2. The number of aromatic nitrogens is 2. The lowest BCUT2D eigenvalue weighted by Crippen LogP contribution is -2.44. The fourth-order valence-corrected chi connectivity index (χ4v) is 2.69. The van der Waals surface area contributed by atoms with Gasteiger partial charge in [0.25, 0.3) is 0 Å². The average Bonchev–Trinajstić information content (AvgIpc) is 2.61. The molecule has 0 radical (unpaired) electrons. The number of nitrogens with one attached hydrogen (secondary N) is 1. The Morgan fingerprint density at radius 2 is 2.30 bits per heavy atom. The summed E-state index contributed by atoms with van der Waals surface area (Å²) in [6, 6.07) is 12.0. The van der Waals surface area contributed by atoms with Crippen molar-refractivity contribution in [2.24, 2.45) is 0 Å². The number of hydrogen-bond acceptors (Lipinski definition) is 6. The monoisotopic (exact) mass is 314 g/mol. The highest BCUT2D eigenvalue weighted by Gasteiger charge is 2.20. The zero-order valence-corrected chi connectivity index (χ0v) is 13.3. The molecule has 1 saturated heterocycles. The lowest BCUT2D eigenvalue weighted by Gasteiger charge is -2.33. The van der Waals surface area contributed by atoms with Gasteiger partial charge in [0.05, 0.1) is 19.8 Å². The first-order chi connectivity index (χ1) is 11.3. The molecule has 1 aromatic carbocycles. The predicted octanol–water partition coefficient (Wildman–Crippen LogP) is 1.80. The topological polar surface area (TPSA) is 59.5 Å². The van der Waals surface area contributed by atoms with Crippen molar-refractivity contribution in [1.82, 2.24) is 15.1 Å². The largest absolute Gasteiger partial charge is 0.497 e. The zero-order valence-electron chi connectivity index (χ0n) is 13.3. The summed E-state index contributed by atoms with van der Waals surface area (Å²) in [6.45, 7) is 4.22. The molecule has 0 aliphatic carbocycles. The smallest absolute Gasteiger partial charge is 0.148 e. The molecule has 1 unspecified atom stereocenters. The molecule has 1 N–H and O–H groups in total.